The lowest BCUT2D eigenvalue weighted by molar-refractivity contribution is 0.506. The predicted octanol–water partition coefficient (Wildman–Crippen LogP) is 5.55. The summed E-state index contributed by atoms with van der Waals surface area (Å²) in [6.45, 7) is 9.06. The van der Waals surface area contributed by atoms with E-state index in [4.69, 9.17) is 0 Å². The molecule has 0 saturated carbocycles. The van der Waals surface area contributed by atoms with Gasteiger partial charge in [-0.15, -0.1) is 0 Å². The lowest BCUT2D eigenvalue weighted by Crippen LogP contribution is -2.09. The van der Waals surface area contributed by atoms with Crippen molar-refractivity contribution >= 4 is 5.57 Å². The largest absolute Gasteiger partial charge is 0.0622 e. The Kier molecular flexibility index (Phi) is 3.90. The minimum absolute atomic E-state index is 0.168. The van der Waals surface area contributed by atoms with Crippen LogP contribution in [0.5, 0.6) is 0 Å². The monoisotopic (exact) mass is 250 g/mol. The molecule has 0 fully saturated rings. The summed E-state index contributed by atoms with van der Waals surface area (Å²) >= 11 is 0. The van der Waals surface area contributed by atoms with E-state index in [-0.39, 0.29) is 5.41 Å². The van der Waals surface area contributed by atoms with E-state index in [1.165, 1.54) is 22.3 Å². The Balaban J connectivity index is 2.66. The molecular formula is C19H22. The molecule has 0 aromatic heterocycles. The fourth-order valence-electron chi connectivity index (χ4n) is 2.18. The fraction of sp³-hybridized carbons (Fsp3) is 0.263. The Morgan fingerprint density at radius 2 is 1.05 bits per heavy atom. The first-order valence-corrected chi connectivity index (χ1v) is 6.82. The number of hydrogen-bond donors (Lipinski definition) is 0. The van der Waals surface area contributed by atoms with E-state index in [9.17, 15) is 0 Å². The number of allylic oxidation sites excluding steroid dienone is 1. The van der Waals surface area contributed by atoms with Crippen LogP contribution in [0.25, 0.3) is 5.57 Å². The molecular weight excluding hydrogens is 228 g/mol. The van der Waals surface area contributed by atoms with Gasteiger partial charge in [-0.25, -0.2) is 0 Å². The van der Waals surface area contributed by atoms with Gasteiger partial charge in [-0.05, 0) is 29.0 Å². The van der Waals surface area contributed by atoms with Gasteiger partial charge < -0.3 is 0 Å². The van der Waals surface area contributed by atoms with Gasteiger partial charge in [0, 0.05) is 0 Å². The second-order valence-electron chi connectivity index (χ2n) is 5.98. The first-order chi connectivity index (χ1) is 9.00. The first-order valence-electron chi connectivity index (χ1n) is 6.82. The van der Waals surface area contributed by atoms with Crippen molar-refractivity contribution < 1.29 is 0 Å². The number of benzene rings is 2. The molecule has 98 valence electrons. The molecule has 19 heavy (non-hydrogen) atoms. The number of rotatable bonds is 2. The molecule has 2 rings (SSSR count). The molecule has 2 aromatic carbocycles. The lowest BCUT2D eigenvalue weighted by atomic mass is 9.80. The normalized spacial score (nSPS) is 11.2. The molecule has 0 bridgehead atoms. The molecule has 0 heterocycles. The zero-order chi connectivity index (χ0) is 13.9. The van der Waals surface area contributed by atoms with Crippen molar-refractivity contribution in [1.82, 2.24) is 0 Å². The van der Waals surface area contributed by atoms with Crippen LogP contribution in [0.15, 0.2) is 66.2 Å². The molecule has 0 unspecified atom stereocenters. The van der Waals surface area contributed by atoms with E-state index >= 15 is 0 Å². The zero-order valence-corrected chi connectivity index (χ0v) is 12.3. The average Bonchev–Trinajstić information content (AvgIpc) is 2.40. The molecule has 0 N–H and O–H groups in total. The van der Waals surface area contributed by atoms with Gasteiger partial charge in [-0.2, -0.15) is 0 Å². The van der Waals surface area contributed by atoms with Gasteiger partial charge in [0.05, 0.1) is 0 Å². The van der Waals surface area contributed by atoms with E-state index in [1.807, 2.05) is 0 Å². The van der Waals surface area contributed by atoms with E-state index in [0.29, 0.717) is 0 Å². The summed E-state index contributed by atoms with van der Waals surface area (Å²) in [5.41, 5.74) is 5.53. The van der Waals surface area contributed by atoms with E-state index in [1.54, 1.807) is 0 Å². The Morgan fingerprint density at radius 3 is 1.37 bits per heavy atom. The van der Waals surface area contributed by atoms with E-state index in [2.05, 4.69) is 88.4 Å². The van der Waals surface area contributed by atoms with Crippen molar-refractivity contribution in [1.29, 1.82) is 0 Å². The Bertz CT molecular complexity index is 512. The summed E-state index contributed by atoms with van der Waals surface area (Å²) in [5.74, 6) is 0. The second-order valence-corrected chi connectivity index (χ2v) is 5.98. The van der Waals surface area contributed by atoms with Gasteiger partial charge in [-0.3, -0.25) is 0 Å². The van der Waals surface area contributed by atoms with Crippen LogP contribution in [0.4, 0.5) is 0 Å². The van der Waals surface area contributed by atoms with Gasteiger partial charge in [0.15, 0.2) is 0 Å². The maximum atomic E-state index is 2.27. The Morgan fingerprint density at radius 1 is 0.684 bits per heavy atom. The van der Waals surface area contributed by atoms with Gasteiger partial charge >= 0.3 is 0 Å². The highest BCUT2D eigenvalue weighted by molar-refractivity contribution is 5.82. The van der Waals surface area contributed by atoms with Crippen LogP contribution in [0, 0.1) is 5.41 Å². The summed E-state index contributed by atoms with van der Waals surface area (Å²) < 4.78 is 0. The zero-order valence-electron chi connectivity index (χ0n) is 12.3. The van der Waals surface area contributed by atoms with Crippen LogP contribution >= 0.6 is 0 Å². The summed E-state index contributed by atoms with van der Waals surface area (Å²) in [7, 11) is 0. The van der Waals surface area contributed by atoms with Crippen molar-refractivity contribution in [2.75, 3.05) is 0 Å². The first kappa shape index (κ1) is 13.6. The third kappa shape index (κ3) is 3.14. The quantitative estimate of drug-likeness (QED) is 0.655. The molecule has 0 aliphatic rings. The highest BCUT2D eigenvalue weighted by atomic mass is 14.2. The van der Waals surface area contributed by atoms with Crippen LogP contribution < -0.4 is 0 Å². The minimum Gasteiger partial charge on any atom is -0.0622 e. The van der Waals surface area contributed by atoms with Gasteiger partial charge in [0.2, 0.25) is 0 Å². The van der Waals surface area contributed by atoms with Crippen molar-refractivity contribution in [2.45, 2.75) is 27.7 Å². The highest BCUT2D eigenvalue weighted by Gasteiger charge is 2.19. The van der Waals surface area contributed by atoms with Crippen LogP contribution in [0.3, 0.4) is 0 Å². The summed E-state index contributed by atoms with van der Waals surface area (Å²) in [6.07, 6.45) is 0. The Hall–Kier alpha value is -1.82. The minimum atomic E-state index is 0.168. The average molecular weight is 250 g/mol. The number of hydrogen-bond acceptors (Lipinski definition) is 0. The summed E-state index contributed by atoms with van der Waals surface area (Å²) in [5, 5.41) is 0. The smallest absolute Gasteiger partial charge is 0.0117 e. The molecule has 0 aliphatic carbocycles. The standard InChI is InChI=1S/C19H22/c1-15(19(2,3)4)18(16-11-7-5-8-12-16)17-13-9-6-10-14-17/h5-14H,1-4H3. The van der Waals surface area contributed by atoms with Crippen molar-refractivity contribution in [3.8, 4) is 0 Å². The van der Waals surface area contributed by atoms with Crippen molar-refractivity contribution in [2.24, 2.45) is 5.41 Å². The molecule has 0 amide bonds. The van der Waals surface area contributed by atoms with Crippen LogP contribution in [0.2, 0.25) is 0 Å². The molecule has 0 radical (unpaired) electrons. The molecule has 2 aromatic rings. The highest BCUT2D eigenvalue weighted by Crippen LogP contribution is 2.35. The second kappa shape index (κ2) is 5.44. The molecule has 0 spiro atoms. The Labute approximate surface area is 116 Å². The molecule has 0 saturated heterocycles. The summed E-state index contributed by atoms with van der Waals surface area (Å²) in [4.78, 5) is 0. The maximum Gasteiger partial charge on any atom is -0.0117 e. The van der Waals surface area contributed by atoms with Gasteiger partial charge in [0.25, 0.3) is 0 Å². The van der Waals surface area contributed by atoms with E-state index in [0.717, 1.165) is 0 Å². The third-order valence-electron chi connectivity index (χ3n) is 3.62. The van der Waals surface area contributed by atoms with Crippen LogP contribution in [-0.4, -0.2) is 0 Å². The topological polar surface area (TPSA) is 0 Å². The predicted molar refractivity (Wildman–Crippen MR) is 84.0 cm³/mol. The van der Waals surface area contributed by atoms with Crippen LogP contribution in [-0.2, 0) is 0 Å². The van der Waals surface area contributed by atoms with E-state index < -0.39 is 0 Å². The molecule has 0 heteroatoms. The van der Waals surface area contributed by atoms with Crippen LogP contribution in [0.1, 0.15) is 38.8 Å². The molecule has 0 atom stereocenters. The third-order valence-corrected chi connectivity index (χ3v) is 3.62. The maximum absolute atomic E-state index is 2.27. The van der Waals surface area contributed by atoms with Gasteiger partial charge in [-0.1, -0.05) is 87.0 Å². The fourth-order valence-corrected chi connectivity index (χ4v) is 2.18. The molecule has 0 aliphatic heterocycles. The van der Waals surface area contributed by atoms with Crippen molar-refractivity contribution in [3.63, 3.8) is 0 Å². The van der Waals surface area contributed by atoms with Gasteiger partial charge in [0.1, 0.15) is 0 Å². The lowest BCUT2D eigenvalue weighted by Gasteiger charge is -2.24. The molecule has 0 nitrogen and oxygen atoms in total. The summed E-state index contributed by atoms with van der Waals surface area (Å²) in [6, 6.07) is 21.3. The van der Waals surface area contributed by atoms with Crippen molar-refractivity contribution in [3.05, 3.63) is 77.4 Å². The SMILES string of the molecule is CC(=C(c1ccccc1)c1ccccc1)C(C)(C)C.